The molecule has 120 valence electrons. The Balaban J connectivity index is 2.57. The van der Waals surface area contributed by atoms with Gasteiger partial charge in [-0.3, -0.25) is 0 Å². The van der Waals surface area contributed by atoms with Crippen molar-refractivity contribution in [3.05, 3.63) is 0 Å². The highest BCUT2D eigenvalue weighted by Gasteiger charge is 2.35. The zero-order valence-electron chi connectivity index (χ0n) is 14.7. The Hall–Kier alpha value is -0.0800. The van der Waals surface area contributed by atoms with Gasteiger partial charge in [-0.1, -0.05) is 41.0 Å². The van der Waals surface area contributed by atoms with Crippen LogP contribution in [-0.2, 0) is 0 Å². The van der Waals surface area contributed by atoms with Crippen LogP contribution in [0.1, 0.15) is 73.1 Å². The van der Waals surface area contributed by atoms with Gasteiger partial charge < -0.3 is 10.2 Å². The molecule has 0 bridgehead atoms. The minimum absolute atomic E-state index is 0.541. The van der Waals surface area contributed by atoms with E-state index in [1.807, 2.05) is 0 Å². The molecule has 1 rings (SSSR count). The Morgan fingerprint density at radius 2 is 1.90 bits per heavy atom. The number of hydrogen-bond acceptors (Lipinski definition) is 2. The lowest BCUT2D eigenvalue weighted by atomic mass is 9.69. The molecule has 2 atom stereocenters. The number of rotatable bonds is 9. The minimum Gasteiger partial charge on any atom is -0.314 e. The van der Waals surface area contributed by atoms with Crippen LogP contribution in [0.5, 0.6) is 0 Å². The molecule has 0 amide bonds. The zero-order chi connectivity index (χ0) is 15.0. The summed E-state index contributed by atoms with van der Waals surface area (Å²) in [6.45, 7) is 16.8. The number of hydrogen-bond donors (Lipinski definition) is 1. The summed E-state index contributed by atoms with van der Waals surface area (Å²) in [5.74, 6) is 0.835. The van der Waals surface area contributed by atoms with E-state index in [1.54, 1.807) is 0 Å². The lowest BCUT2D eigenvalue weighted by Gasteiger charge is -2.43. The normalized spacial score (nSPS) is 26.1. The van der Waals surface area contributed by atoms with Crippen LogP contribution in [0.25, 0.3) is 0 Å². The minimum atomic E-state index is 0.541. The molecule has 20 heavy (non-hydrogen) atoms. The van der Waals surface area contributed by atoms with Crippen molar-refractivity contribution in [3.8, 4) is 0 Å². The van der Waals surface area contributed by atoms with Gasteiger partial charge >= 0.3 is 0 Å². The van der Waals surface area contributed by atoms with Crippen molar-refractivity contribution in [1.82, 2.24) is 10.2 Å². The summed E-state index contributed by atoms with van der Waals surface area (Å²) in [5.41, 5.74) is 0.541. The molecule has 2 nitrogen and oxygen atoms in total. The van der Waals surface area contributed by atoms with E-state index in [0.29, 0.717) is 5.41 Å². The van der Waals surface area contributed by atoms with E-state index in [2.05, 4.69) is 44.8 Å². The van der Waals surface area contributed by atoms with Gasteiger partial charge in [0.25, 0.3) is 0 Å². The van der Waals surface area contributed by atoms with Gasteiger partial charge in [0.05, 0.1) is 0 Å². The van der Waals surface area contributed by atoms with Crippen LogP contribution in [0.4, 0.5) is 0 Å². The third-order valence-corrected chi connectivity index (χ3v) is 4.94. The molecule has 1 fully saturated rings. The van der Waals surface area contributed by atoms with E-state index in [1.165, 1.54) is 64.7 Å². The predicted octanol–water partition coefficient (Wildman–Crippen LogP) is 4.30. The highest BCUT2D eigenvalue weighted by Crippen LogP contribution is 2.39. The fourth-order valence-corrected chi connectivity index (χ4v) is 3.62. The summed E-state index contributed by atoms with van der Waals surface area (Å²) in [7, 11) is 0. The molecule has 0 aromatic heterocycles. The maximum atomic E-state index is 3.82. The Morgan fingerprint density at radius 1 is 1.15 bits per heavy atom. The Morgan fingerprint density at radius 3 is 2.50 bits per heavy atom. The SMILES string of the molecule is CCCCN(CC)CC1CC(C)(C)CCC1NCCC. The second-order valence-electron chi connectivity index (χ2n) is 7.47. The number of nitrogens with one attached hydrogen (secondary N) is 1. The van der Waals surface area contributed by atoms with Gasteiger partial charge in [-0.2, -0.15) is 0 Å². The average molecular weight is 283 g/mol. The summed E-state index contributed by atoms with van der Waals surface area (Å²) in [4.78, 5) is 2.68. The lowest BCUT2D eigenvalue weighted by molar-refractivity contribution is 0.101. The molecule has 0 saturated heterocycles. The quantitative estimate of drug-likeness (QED) is 0.678. The van der Waals surface area contributed by atoms with E-state index in [0.717, 1.165) is 12.0 Å². The first-order valence-electron chi connectivity index (χ1n) is 8.98. The van der Waals surface area contributed by atoms with Gasteiger partial charge in [-0.05, 0) is 63.1 Å². The zero-order valence-corrected chi connectivity index (χ0v) is 14.7. The molecule has 0 radical (unpaired) electrons. The maximum absolute atomic E-state index is 3.82. The summed E-state index contributed by atoms with van der Waals surface area (Å²) in [6.07, 6.45) is 8.03. The predicted molar refractivity (Wildman–Crippen MR) is 90.2 cm³/mol. The van der Waals surface area contributed by atoms with Crippen LogP contribution in [0.3, 0.4) is 0 Å². The third-order valence-electron chi connectivity index (χ3n) is 4.94. The molecule has 1 N–H and O–H groups in total. The highest BCUT2D eigenvalue weighted by molar-refractivity contribution is 4.90. The van der Waals surface area contributed by atoms with Crippen LogP contribution in [0.2, 0.25) is 0 Å². The molecule has 1 aliphatic rings. The Kier molecular flexibility index (Phi) is 8.13. The smallest absolute Gasteiger partial charge is 0.0108 e. The standard InChI is InChI=1S/C18H38N2/c1-6-9-13-20(8-3)15-16-14-18(4,5)11-10-17(16)19-12-7-2/h16-17,19H,6-15H2,1-5H3. The molecule has 1 aliphatic carbocycles. The maximum Gasteiger partial charge on any atom is 0.0108 e. The van der Waals surface area contributed by atoms with Crippen molar-refractivity contribution in [1.29, 1.82) is 0 Å². The van der Waals surface area contributed by atoms with Crippen molar-refractivity contribution in [2.75, 3.05) is 26.2 Å². The molecule has 0 spiro atoms. The monoisotopic (exact) mass is 282 g/mol. The topological polar surface area (TPSA) is 15.3 Å². The van der Waals surface area contributed by atoms with E-state index in [9.17, 15) is 0 Å². The fraction of sp³-hybridized carbons (Fsp3) is 1.00. The fourth-order valence-electron chi connectivity index (χ4n) is 3.62. The van der Waals surface area contributed by atoms with Gasteiger partial charge in [0.2, 0.25) is 0 Å². The summed E-state index contributed by atoms with van der Waals surface area (Å²) < 4.78 is 0. The molecule has 2 unspecified atom stereocenters. The second-order valence-corrected chi connectivity index (χ2v) is 7.47. The van der Waals surface area contributed by atoms with E-state index in [4.69, 9.17) is 0 Å². The molecule has 1 saturated carbocycles. The largest absolute Gasteiger partial charge is 0.314 e. The first-order chi connectivity index (χ1) is 9.52. The van der Waals surface area contributed by atoms with Gasteiger partial charge in [-0.15, -0.1) is 0 Å². The van der Waals surface area contributed by atoms with Crippen molar-refractivity contribution < 1.29 is 0 Å². The third kappa shape index (κ3) is 6.13. The number of nitrogens with zero attached hydrogens (tertiary/aromatic N) is 1. The van der Waals surface area contributed by atoms with Gasteiger partial charge in [0.1, 0.15) is 0 Å². The first-order valence-corrected chi connectivity index (χ1v) is 8.98. The molecular formula is C18H38N2. The highest BCUT2D eigenvalue weighted by atomic mass is 15.1. The van der Waals surface area contributed by atoms with Crippen molar-refractivity contribution in [2.45, 2.75) is 79.2 Å². The summed E-state index contributed by atoms with van der Waals surface area (Å²) in [5, 5.41) is 3.82. The summed E-state index contributed by atoms with van der Waals surface area (Å²) in [6, 6.07) is 0.749. The van der Waals surface area contributed by atoms with Gasteiger partial charge in [0.15, 0.2) is 0 Å². The molecule has 0 aliphatic heterocycles. The Bertz CT molecular complexity index is 250. The van der Waals surface area contributed by atoms with Crippen LogP contribution >= 0.6 is 0 Å². The van der Waals surface area contributed by atoms with Crippen LogP contribution < -0.4 is 5.32 Å². The molecule has 0 heterocycles. The first kappa shape index (κ1) is 18.0. The molecule has 0 aromatic carbocycles. The van der Waals surface area contributed by atoms with Crippen molar-refractivity contribution in [2.24, 2.45) is 11.3 Å². The van der Waals surface area contributed by atoms with Gasteiger partial charge in [-0.25, -0.2) is 0 Å². The van der Waals surface area contributed by atoms with E-state index >= 15 is 0 Å². The summed E-state index contributed by atoms with van der Waals surface area (Å²) >= 11 is 0. The molecule has 0 aromatic rings. The van der Waals surface area contributed by atoms with Crippen molar-refractivity contribution >= 4 is 0 Å². The second kappa shape index (κ2) is 9.04. The molecular weight excluding hydrogens is 244 g/mol. The Labute approximate surface area is 127 Å². The number of unbranched alkanes of at least 4 members (excludes halogenated alkanes) is 1. The average Bonchev–Trinajstić information content (AvgIpc) is 2.41. The van der Waals surface area contributed by atoms with Crippen molar-refractivity contribution in [3.63, 3.8) is 0 Å². The lowest BCUT2D eigenvalue weighted by Crippen LogP contribution is -2.47. The molecule has 2 heteroatoms. The van der Waals surface area contributed by atoms with E-state index < -0.39 is 0 Å². The van der Waals surface area contributed by atoms with Crippen LogP contribution in [0, 0.1) is 11.3 Å². The van der Waals surface area contributed by atoms with Crippen LogP contribution in [0.15, 0.2) is 0 Å². The van der Waals surface area contributed by atoms with E-state index in [-0.39, 0.29) is 0 Å². The van der Waals surface area contributed by atoms with Crippen LogP contribution in [-0.4, -0.2) is 37.1 Å². The van der Waals surface area contributed by atoms with Gasteiger partial charge in [0, 0.05) is 12.6 Å².